The second-order valence-corrected chi connectivity index (χ2v) is 5.64. The van der Waals surface area contributed by atoms with E-state index in [1.807, 2.05) is 18.3 Å². The summed E-state index contributed by atoms with van der Waals surface area (Å²) in [6.45, 7) is 3.24. The van der Waals surface area contributed by atoms with Gasteiger partial charge >= 0.3 is 0 Å². The van der Waals surface area contributed by atoms with Gasteiger partial charge in [-0.3, -0.25) is 4.90 Å². The van der Waals surface area contributed by atoms with Gasteiger partial charge in [-0.05, 0) is 43.0 Å². The smallest absolute Gasteiger partial charge is 0.0922 e. The fraction of sp³-hybridized carbons (Fsp3) is 0.400. The summed E-state index contributed by atoms with van der Waals surface area (Å²) in [7, 11) is 0. The molecular formula is C15H18ClN3. The summed E-state index contributed by atoms with van der Waals surface area (Å²) in [5.74, 6) is 0.619. The number of nitrogens with zero attached hydrogens (tertiary/aromatic N) is 2. The SMILES string of the molecule is Clc1ccc([C@H]2CCCN(Cc3cnc[nH]3)C2)cc1. The van der Waals surface area contributed by atoms with Gasteiger partial charge in [0, 0.05) is 30.0 Å². The van der Waals surface area contributed by atoms with Crippen LogP contribution in [0.25, 0.3) is 0 Å². The van der Waals surface area contributed by atoms with Crippen molar-refractivity contribution in [2.45, 2.75) is 25.3 Å². The highest BCUT2D eigenvalue weighted by Gasteiger charge is 2.21. The summed E-state index contributed by atoms with van der Waals surface area (Å²) in [6, 6.07) is 8.30. The summed E-state index contributed by atoms with van der Waals surface area (Å²) in [5, 5.41) is 0.814. The maximum atomic E-state index is 5.95. The van der Waals surface area contributed by atoms with Gasteiger partial charge in [0.1, 0.15) is 0 Å². The number of aromatic nitrogens is 2. The summed E-state index contributed by atoms with van der Waals surface area (Å²) in [5.41, 5.74) is 2.59. The van der Waals surface area contributed by atoms with Crippen LogP contribution in [0.3, 0.4) is 0 Å². The number of hydrogen-bond acceptors (Lipinski definition) is 2. The van der Waals surface area contributed by atoms with E-state index < -0.39 is 0 Å². The predicted molar refractivity (Wildman–Crippen MR) is 77.3 cm³/mol. The molecule has 0 bridgehead atoms. The molecule has 2 aromatic rings. The van der Waals surface area contributed by atoms with E-state index in [-0.39, 0.29) is 0 Å². The van der Waals surface area contributed by atoms with Crippen molar-refractivity contribution in [3.8, 4) is 0 Å². The van der Waals surface area contributed by atoms with Crippen LogP contribution in [-0.4, -0.2) is 28.0 Å². The van der Waals surface area contributed by atoms with Crippen molar-refractivity contribution >= 4 is 11.6 Å². The molecule has 1 N–H and O–H groups in total. The van der Waals surface area contributed by atoms with Crippen LogP contribution in [0.4, 0.5) is 0 Å². The number of H-pyrrole nitrogens is 1. The highest BCUT2D eigenvalue weighted by Crippen LogP contribution is 2.28. The van der Waals surface area contributed by atoms with Crippen molar-refractivity contribution in [1.29, 1.82) is 0 Å². The van der Waals surface area contributed by atoms with E-state index in [4.69, 9.17) is 11.6 Å². The summed E-state index contributed by atoms with van der Waals surface area (Å²) >= 11 is 5.95. The number of rotatable bonds is 3. The third-order valence-electron chi connectivity index (χ3n) is 3.80. The Morgan fingerprint density at radius 2 is 2.16 bits per heavy atom. The van der Waals surface area contributed by atoms with Crippen LogP contribution in [0.15, 0.2) is 36.8 Å². The monoisotopic (exact) mass is 275 g/mol. The van der Waals surface area contributed by atoms with Gasteiger partial charge in [-0.2, -0.15) is 0 Å². The number of imidazole rings is 1. The molecule has 3 rings (SSSR count). The molecule has 19 heavy (non-hydrogen) atoms. The molecule has 4 heteroatoms. The first-order chi connectivity index (χ1) is 9.31. The van der Waals surface area contributed by atoms with Gasteiger partial charge in [0.15, 0.2) is 0 Å². The van der Waals surface area contributed by atoms with Crippen molar-refractivity contribution in [3.63, 3.8) is 0 Å². The number of benzene rings is 1. The highest BCUT2D eigenvalue weighted by molar-refractivity contribution is 6.30. The Morgan fingerprint density at radius 3 is 2.89 bits per heavy atom. The minimum atomic E-state index is 0.619. The zero-order valence-electron chi connectivity index (χ0n) is 10.8. The number of likely N-dealkylation sites (tertiary alicyclic amines) is 1. The van der Waals surface area contributed by atoms with Crippen molar-refractivity contribution in [2.75, 3.05) is 13.1 Å². The lowest BCUT2D eigenvalue weighted by Crippen LogP contribution is -2.33. The Bertz CT molecular complexity index is 507. The maximum Gasteiger partial charge on any atom is 0.0922 e. The van der Waals surface area contributed by atoms with E-state index in [9.17, 15) is 0 Å². The quantitative estimate of drug-likeness (QED) is 0.930. The summed E-state index contributed by atoms with van der Waals surface area (Å²) in [4.78, 5) is 9.75. The molecule has 0 radical (unpaired) electrons. The molecule has 1 aromatic carbocycles. The molecule has 100 valence electrons. The fourth-order valence-electron chi connectivity index (χ4n) is 2.82. The second kappa shape index (κ2) is 5.76. The third kappa shape index (κ3) is 3.17. The van der Waals surface area contributed by atoms with Crippen molar-refractivity contribution in [1.82, 2.24) is 14.9 Å². The van der Waals surface area contributed by atoms with E-state index in [1.165, 1.54) is 30.6 Å². The lowest BCUT2D eigenvalue weighted by atomic mass is 9.90. The van der Waals surface area contributed by atoms with Crippen molar-refractivity contribution in [3.05, 3.63) is 53.1 Å². The minimum Gasteiger partial charge on any atom is -0.347 e. The number of nitrogens with one attached hydrogen (secondary N) is 1. The Morgan fingerprint density at radius 1 is 1.32 bits per heavy atom. The van der Waals surface area contributed by atoms with Gasteiger partial charge in [0.05, 0.1) is 6.33 Å². The summed E-state index contributed by atoms with van der Waals surface area (Å²) < 4.78 is 0. The molecule has 1 atom stereocenters. The average Bonchev–Trinajstić information content (AvgIpc) is 2.93. The third-order valence-corrected chi connectivity index (χ3v) is 4.05. The van der Waals surface area contributed by atoms with Gasteiger partial charge in [-0.15, -0.1) is 0 Å². The summed E-state index contributed by atoms with van der Waals surface area (Å²) in [6.07, 6.45) is 6.17. The minimum absolute atomic E-state index is 0.619. The molecule has 1 aliphatic rings. The van der Waals surface area contributed by atoms with E-state index in [0.29, 0.717) is 5.92 Å². The lowest BCUT2D eigenvalue weighted by Gasteiger charge is -2.32. The van der Waals surface area contributed by atoms with E-state index >= 15 is 0 Å². The molecule has 1 aromatic heterocycles. The lowest BCUT2D eigenvalue weighted by molar-refractivity contribution is 0.198. The van der Waals surface area contributed by atoms with E-state index in [0.717, 1.165) is 18.1 Å². The number of piperidine rings is 1. The molecule has 0 spiro atoms. The number of aromatic amines is 1. The molecular weight excluding hydrogens is 258 g/mol. The molecule has 0 aliphatic carbocycles. The van der Waals surface area contributed by atoms with E-state index in [2.05, 4.69) is 27.0 Å². The first-order valence-electron chi connectivity index (χ1n) is 6.76. The van der Waals surface area contributed by atoms with Crippen molar-refractivity contribution in [2.24, 2.45) is 0 Å². The molecule has 0 saturated carbocycles. The van der Waals surface area contributed by atoms with Crippen LogP contribution in [0.5, 0.6) is 0 Å². The van der Waals surface area contributed by atoms with Crippen LogP contribution in [0.2, 0.25) is 5.02 Å². The van der Waals surface area contributed by atoms with Gasteiger partial charge < -0.3 is 4.98 Å². The first-order valence-corrected chi connectivity index (χ1v) is 7.14. The van der Waals surface area contributed by atoms with Gasteiger partial charge in [-0.25, -0.2) is 4.98 Å². The van der Waals surface area contributed by atoms with E-state index in [1.54, 1.807) is 6.33 Å². The van der Waals surface area contributed by atoms with Crippen LogP contribution >= 0.6 is 11.6 Å². The first kappa shape index (κ1) is 12.7. The molecule has 1 saturated heterocycles. The molecule has 1 aliphatic heterocycles. The molecule has 2 heterocycles. The van der Waals surface area contributed by atoms with Crippen LogP contribution in [0, 0.1) is 0 Å². The number of hydrogen-bond donors (Lipinski definition) is 1. The van der Waals surface area contributed by atoms with Crippen LogP contribution < -0.4 is 0 Å². The zero-order chi connectivity index (χ0) is 13.1. The second-order valence-electron chi connectivity index (χ2n) is 5.20. The normalized spacial score (nSPS) is 20.6. The zero-order valence-corrected chi connectivity index (χ0v) is 11.6. The predicted octanol–water partition coefficient (Wildman–Crippen LogP) is 3.44. The fourth-order valence-corrected chi connectivity index (χ4v) is 2.94. The average molecular weight is 276 g/mol. The Kier molecular flexibility index (Phi) is 3.85. The van der Waals surface area contributed by atoms with Gasteiger partial charge in [0.25, 0.3) is 0 Å². The standard InChI is InChI=1S/C15H18ClN3/c16-14-5-3-12(4-6-14)13-2-1-7-19(9-13)10-15-8-17-11-18-15/h3-6,8,11,13H,1-2,7,9-10H2,(H,17,18)/t13-/m0/s1. The maximum absolute atomic E-state index is 5.95. The largest absolute Gasteiger partial charge is 0.347 e. The highest BCUT2D eigenvalue weighted by atomic mass is 35.5. The van der Waals surface area contributed by atoms with Crippen molar-refractivity contribution < 1.29 is 0 Å². The molecule has 0 amide bonds. The topological polar surface area (TPSA) is 31.9 Å². The number of halogens is 1. The molecule has 3 nitrogen and oxygen atoms in total. The Hall–Kier alpha value is -1.32. The molecule has 1 fully saturated rings. The Labute approximate surface area is 118 Å². The molecule has 0 unspecified atom stereocenters. The Balaban J connectivity index is 1.66. The van der Waals surface area contributed by atoms with Gasteiger partial charge in [0.2, 0.25) is 0 Å². The van der Waals surface area contributed by atoms with Crippen LogP contribution in [0.1, 0.15) is 30.0 Å². The van der Waals surface area contributed by atoms with Gasteiger partial charge in [-0.1, -0.05) is 23.7 Å². The van der Waals surface area contributed by atoms with Crippen LogP contribution in [-0.2, 0) is 6.54 Å².